The number of carbonyl (C=O) groups excluding carboxylic acids is 2. The molecule has 0 spiro atoms. The van der Waals surface area contributed by atoms with Gasteiger partial charge in [0.05, 0.1) is 17.2 Å². The van der Waals surface area contributed by atoms with Gasteiger partial charge < -0.3 is 9.16 Å². The van der Waals surface area contributed by atoms with Crippen LogP contribution < -0.4 is 21.6 Å². The molecule has 1 fully saturated rings. The van der Waals surface area contributed by atoms with Crippen molar-refractivity contribution in [1.82, 2.24) is 9.55 Å². The van der Waals surface area contributed by atoms with E-state index >= 15 is 0 Å². The Labute approximate surface area is 245 Å². The number of rotatable bonds is 10. The fourth-order valence-corrected chi connectivity index (χ4v) is 11.7. The minimum absolute atomic E-state index is 0.245. The van der Waals surface area contributed by atoms with Gasteiger partial charge in [0.15, 0.2) is 0 Å². The van der Waals surface area contributed by atoms with E-state index in [1.165, 1.54) is 23.3 Å². The molecule has 41 heavy (non-hydrogen) atoms. The molecule has 218 valence electrons. The van der Waals surface area contributed by atoms with Crippen molar-refractivity contribution < 1.29 is 18.8 Å². The Hall–Kier alpha value is -3.21. The minimum Gasteiger partial charge on any atom is -0.461 e. The zero-order chi connectivity index (χ0) is 29.8. The van der Waals surface area contributed by atoms with Gasteiger partial charge in [0.2, 0.25) is 0 Å². The second kappa shape index (κ2) is 12.8. The van der Waals surface area contributed by atoms with Crippen molar-refractivity contribution in [2.75, 3.05) is 6.61 Å². The standard InChI is InChI=1S/C31H38N2O6SSi/c1-6-22-19-33(30(37)32-29(22)36)27-18-25(39-28(35)17-21(2)34)26(40-27)20-38-41(31(3,4)5,23-13-9-7-10-14-23)24-15-11-8-12-16-24/h7-16,19,25-27H,6,17-18,20H2,1-5H3,(H,32,36,37)/t25-,26+,27-/m0/s1. The van der Waals surface area contributed by atoms with Gasteiger partial charge in [-0.3, -0.25) is 23.9 Å². The number of aryl methyl sites for hydroxylation is 1. The maximum Gasteiger partial charge on any atom is 0.329 e. The molecule has 1 N–H and O–H groups in total. The smallest absolute Gasteiger partial charge is 0.329 e. The number of ether oxygens (including phenoxy) is 1. The Kier molecular flexibility index (Phi) is 9.56. The van der Waals surface area contributed by atoms with Crippen molar-refractivity contribution in [1.29, 1.82) is 0 Å². The van der Waals surface area contributed by atoms with Crippen molar-refractivity contribution in [3.63, 3.8) is 0 Å². The van der Waals surface area contributed by atoms with Crippen molar-refractivity contribution in [3.05, 3.63) is 93.3 Å². The van der Waals surface area contributed by atoms with Crippen LogP contribution in [0, 0.1) is 0 Å². The zero-order valence-electron chi connectivity index (χ0n) is 24.2. The van der Waals surface area contributed by atoms with E-state index in [9.17, 15) is 19.2 Å². The van der Waals surface area contributed by atoms with Crippen molar-refractivity contribution in [2.45, 2.75) is 75.6 Å². The molecule has 3 atom stereocenters. The molecule has 3 aromatic rings. The summed E-state index contributed by atoms with van der Waals surface area (Å²) in [6, 6.07) is 20.5. The first kappa shape index (κ1) is 30.7. The number of carbonyl (C=O) groups is 2. The number of Topliss-reactive ketones (excluding diaryl/α,β-unsaturated/α-hetero) is 1. The summed E-state index contributed by atoms with van der Waals surface area (Å²) in [7, 11) is -2.87. The number of hydrogen-bond acceptors (Lipinski definition) is 7. The molecule has 2 aromatic carbocycles. The third kappa shape index (κ3) is 6.66. The van der Waals surface area contributed by atoms with E-state index in [1.807, 2.05) is 43.3 Å². The highest BCUT2D eigenvalue weighted by atomic mass is 32.2. The average molecular weight is 595 g/mol. The van der Waals surface area contributed by atoms with E-state index < -0.39 is 31.6 Å². The van der Waals surface area contributed by atoms with Crippen LogP contribution in [0.1, 0.15) is 58.4 Å². The van der Waals surface area contributed by atoms with E-state index in [4.69, 9.17) is 9.16 Å². The molecule has 1 aliphatic rings. The first-order valence-electron chi connectivity index (χ1n) is 13.9. The number of aromatic amines is 1. The number of esters is 1. The molecule has 1 saturated heterocycles. The first-order chi connectivity index (χ1) is 19.5. The number of hydrogen-bond donors (Lipinski definition) is 1. The summed E-state index contributed by atoms with van der Waals surface area (Å²) in [4.78, 5) is 51.7. The molecule has 0 unspecified atom stereocenters. The van der Waals surface area contributed by atoms with E-state index in [1.54, 1.807) is 6.20 Å². The van der Waals surface area contributed by atoms with Crippen LogP contribution >= 0.6 is 11.8 Å². The lowest BCUT2D eigenvalue weighted by Gasteiger charge is -2.43. The number of thioether (sulfide) groups is 1. The monoisotopic (exact) mass is 594 g/mol. The number of H-pyrrole nitrogens is 1. The highest BCUT2D eigenvalue weighted by Gasteiger charge is 2.51. The molecule has 10 heteroatoms. The Morgan fingerprint density at radius 2 is 1.61 bits per heavy atom. The lowest BCUT2D eigenvalue weighted by Crippen LogP contribution is -2.67. The van der Waals surface area contributed by atoms with Gasteiger partial charge in [-0.1, -0.05) is 88.4 Å². The lowest BCUT2D eigenvalue weighted by atomic mass is 10.2. The van der Waals surface area contributed by atoms with Crippen LogP contribution in [0.3, 0.4) is 0 Å². The molecule has 0 saturated carbocycles. The second-order valence-corrected chi connectivity index (χ2v) is 17.1. The van der Waals surface area contributed by atoms with Crippen LogP contribution in [0.4, 0.5) is 0 Å². The maximum absolute atomic E-state index is 12.8. The minimum atomic E-state index is -2.87. The fraction of sp³-hybridized carbons (Fsp3) is 0.419. The van der Waals surface area contributed by atoms with Gasteiger partial charge in [-0.05, 0) is 28.8 Å². The number of benzene rings is 2. The topological polar surface area (TPSA) is 107 Å². The van der Waals surface area contributed by atoms with E-state index in [0.717, 1.165) is 10.4 Å². The summed E-state index contributed by atoms with van der Waals surface area (Å²) < 4.78 is 14.5. The van der Waals surface area contributed by atoms with Crippen molar-refractivity contribution >= 4 is 42.2 Å². The van der Waals surface area contributed by atoms with Crippen LogP contribution in [0.2, 0.25) is 5.04 Å². The molecule has 8 nitrogen and oxygen atoms in total. The highest BCUT2D eigenvalue weighted by molar-refractivity contribution is 8.00. The van der Waals surface area contributed by atoms with E-state index in [2.05, 4.69) is 50.0 Å². The van der Waals surface area contributed by atoms with Crippen molar-refractivity contribution in [3.8, 4) is 0 Å². The van der Waals surface area contributed by atoms with Crippen LogP contribution in [-0.4, -0.2) is 47.6 Å². The Balaban J connectivity index is 1.72. The Morgan fingerprint density at radius 1 is 1.02 bits per heavy atom. The number of ketones is 1. The van der Waals surface area contributed by atoms with Gasteiger partial charge in [0, 0.05) is 18.2 Å². The van der Waals surface area contributed by atoms with Gasteiger partial charge in [-0.15, -0.1) is 11.8 Å². The molecule has 1 aromatic heterocycles. The molecule has 0 aliphatic carbocycles. The number of aromatic nitrogens is 2. The zero-order valence-corrected chi connectivity index (χ0v) is 26.0. The molecule has 0 radical (unpaired) electrons. The molecule has 4 rings (SSSR count). The van der Waals surface area contributed by atoms with E-state index in [0.29, 0.717) is 18.4 Å². The highest BCUT2D eigenvalue weighted by Crippen LogP contribution is 2.44. The SMILES string of the molecule is CCc1cn([C@@H]2C[C@H](OC(=O)CC(C)=O)[C@@H](CO[Si](c3ccccc3)(c3ccccc3)C(C)(C)C)S2)c(=O)[nH]c1=O. The molecule has 2 heterocycles. The Bertz CT molecular complexity index is 1440. The normalized spacial score (nSPS) is 19.2. The predicted molar refractivity (Wildman–Crippen MR) is 164 cm³/mol. The van der Waals surface area contributed by atoms with Crippen LogP contribution in [-0.2, 0) is 25.2 Å². The molecule has 1 aliphatic heterocycles. The van der Waals surface area contributed by atoms with Crippen molar-refractivity contribution in [2.24, 2.45) is 0 Å². The molecule has 0 bridgehead atoms. The third-order valence-corrected chi connectivity index (χ3v) is 14.0. The summed E-state index contributed by atoms with van der Waals surface area (Å²) in [6.45, 7) is 10.1. The lowest BCUT2D eigenvalue weighted by molar-refractivity contribution is -0.151. The summed E-state index contributed by atoms with van der Waals surface area (Å²) in [5.74, 6) is -0.871. The van der Waals surface area contributed by atoms with E-state index in [-0.39, 0.29) is 34.5 Å². The maximum atomic E-state index is 12.8. The summed E-state index contributed by atoms with van der Waals surface area (Å²) in [5, 5.41) is 1.33. The third-order valence-electron chi connectivity index (χ3n) is 7.47. The quantitative estimate of drug-likeness (QED) is 0.217. The molecule has 0 amide bonds. The first-order valence-corrected chi connectivity index (χ1v) is 16.7. The fourth-order valence-electron chi connectivity index (χ4n) is 5.52. The Morgan fingerprint density at radius 3 is 2.12 bits per heavy atom. The average Bonchev–Trinajstić information content (AvgIpc) is 3.31. The summed E-state index contributed by atoms with van der Waals surface area (Å²) >= 11 is 1.49. The van der Waals surface area contributed by atoms with Gasteiger partial charge in [0.25, 0.3) is 13.9 Å². The van der Waals surface area contributed by atoms with Crippen LogP contribution in [0.15, 0.2) is 76.4 Å². The molecular formula is C31H38N2O6SSi. The number of nitrogens with zero attached hydrogens (tertiary/aromatic N) is 1. The summed E-state index contributed by atoms with van der Waals surface area (Å²) in [6.07, 6.45) is 1.52. The van der Waals surface area contributed by atoms with Crippen LogP contribution in [0.5, 0.6) is 0 Å². The second-order valence-electron chi connectivity index (χ2n) is 11.4. The van der Waals surface area contributed by atoms with Gasteiger partial charge in [-0.25, -0.2) is 4.79 Å². The largest absolute Gasteiger partial charge is 0.461 e. The molecular weight excluding hydrogens is 557 g/mol. The number of nitrogens with one attached hydrogen (secondary N) is 1. The van der Waals surface area contributed by atoms with Gasteiger partial charge in [0.1, 0.15) is 18.3 Å². The van der Waals surface area contributed by atoms with Gasteiger partial charge >= 0.3 is 11.7 Å². The summed E-state index contributed by atoms with van der Waals surface area (Å²) in [5.41, 5.74) is -0.401. The van der Waals surface area contributed by atoms with Gasteiger partial charge in [-0.2, -0.15) is 0 Å². The van der Waals surface area contributed by atoms with Crippen LogP contribution in [0.25, 0.3) is 0 Å². The predicted octanol–water partition coefficient (Wildman–Crippen LogP) is 3.57.